The van der Waals surface area contributed by atoms with E-state index in [1.54, 1.807) is 12.1 Å². The molecule has 0 aromatic heterocycles. The highest BCUT2D eigenvalue weighted by Gasteiger charge is 2.04. The van der Waals surface area contributed by atoms with E-state index >= 15 is 0 Å². The number of aliphatic hydroxyl groups is 1. The van der Waals surface area contributed by atoms with Gasteiger partial charge in [0, 0.05) is 10.9 Å². The van der Waals surface area contributed by atoms with E-state index in [2.05, 4.69) is 31.9 Å². The molecule has 0 spiro atoms. The lowest BCUT2D eigenvalue weighted by Gasteiger charge is -2.05. The molecule has 0 fully saturated rings. The summed E-state index contributed by atoms with van der Waals surface area (Å²) in [6.45, 7) is 0. The highest BCUT2D eigenvalue weighted by atomic mass is 79.9. The Balaban J connectivity index is 0.000000220. The minimum absolute atomic E-state index is 0.0370. The highest BCUT2D eigenvalue weighted by molar-refractivity contribution is 9.09. The lowest BCUT2D eigenvalue weighted by atomic mass is 10.1. The molecule has 0 radical (unpaired) electrons. The van der Waals surface area contributed by atoms with Gasteiger partial charge < -0.3 is 5.11 Å². The van der Waals surface area contributed by atoms with Gasteiger partial charge in [0.25, 0.3) is 0 Å². The first-order valence-electron chi connectivity index (χ1n) is 6.32. The standard InChI is InChI=1S/C8H8BrFO.C8H6BrFO/c2*9-5-8(11)6-1-3-7(10)4-2-6/h1-4,8,11H,5H2;1-4H,5H2/t8-;/m0./s1. The first-order valence-corrected chi connectivity index (χ1v) is 8.56. The molecule has 6 heteroatoms. The monoisotopic (exact) mass is 434 g/mol. The van der Waals surface area contributed by atoms with Crippen LogP contribution >= 0.6 is 31.9 Å². The summed E-state index contributed by atoms with van der Waals surface area (Å²) >= 11 is 6.15. The maximum atomic E-state index is 12.4. The number of alkyl halides is 2. The normalized spacial score (nSPS) is 11.3. The summed E-state index contributed by atoms with van der Waals surface area (Å²) in [5.74, 6) is -0.642. The fourth-order valence-electron chi connectivity index (χ4n) is 1.49. The summed E-state index contributed by atoms with van der Waals surface area (Å²) in [4.78, 5) is 11.0. The second kappa shape index (κ2) is 9.82. The molecule has 2 rings (SSSR count). The number of Topliss-reactive ketones (excluding diaryl/α,β-unsaturated/α-hetero) is 1. The molecule has 0 aliphatic carbocycles. The van der Waals surface area contributed by atoms with Crippen LogP contribution in [0.5, 0.6) is 0 Å². The van der Waals surface area contributed by atoms with Gasteiger partial charge in [0.1, 0.15) is 11.6 Å². The van der Waals surface area contributed by atoms with Crippen molar-refractivity contribution >= 4 is 37.6 Å². The SMILES string of the molecule is O=C(CBr)c1ccc(F)cc1.O[C@@H](CBr)c1ccc(F)cc1. The topological polar surface area (TPSA) is 37.3 Å². The van der Waals surface area contributed by atoms with Gasteiger partial charge in [-0.1, -0.05) is 44.0 Å². The van der Waals surface area contributed by atoms with Gasteiger partial charge >= 0.3 is 0 Å². The molecule has 0 unspecified atom stereocenters. The number of hydrogen-bond acceptors (Lipinski definition) is 2. The van der Waals surface area contributed by atoms with Gasteiger partial charge in [0.2, 0.25) is 0 Å². The minimum Gasteiger partial charge on any atom is -0.388 e. The van der Waals surface area contributed by atoms with E-state index < -0.39 is 6.10 Å². The third-order valence-electron chi connectivity index (χ3n) is 2.69. The van der Waals surface area contributed by atoms with Gasteiger partial charge in [-0.3, -0.25) is 4.79 Å². The van der Waals surface area contributed by atoms with E-state index in [9.17, 15) is 18.7 Å². The van der Waals surface area contributed by atoms with Crippen molar-refractivity contribution in [1.82, 2.24) is 0 Å². The smallest absolute Gasteiger partial charge is 0.173 e. The van der Waals surface area contributed by atoms with Crippen molar-refractivity contribution in [3.63, 3.8) is 0 Å². The van der Waals surface area contributed by atoms with Crippen molar-refractivity contribution in [3.8, 4) is 0 Å². The number of rotatable bonds is 4. The van der Waals surface area contributed by atoms with Crippen molar-refractivity contribution in [2.75, 3.05) is 10.7 Å². The van der Waals surface area contributed by atoms with Crippen LogP contribution in [-0.2, 0) is 0 Å². The molecule has 0 aliphatic heterocycles. The quantitative estimate of drug-likeness (QED) is 0.560. The van der Waals surface area contributed by atoms with E-state index in [1.807, 2.05) is 0 Å². The van der Waals surface area contributed by atoms with Crippen molar-refractivity contribution in [1.29, 1.82) is 0 Å². The summed E-state index contributed by atoms with van der Waals surface area (Å²) in [7, 11) is 0. The Morgan fingerprint density at radius 3 is 1.82 bits per heavy atom. The zero-order chi connectivity index (χ0) is 16.5. The average Bonchev–Trinajstić information content (AvgIpc) is 2.55. The first kappa shape index (κ1) is 18.9. The molecule has 0 saturated carbocycles. The predicted molar refractivity (Wildman–Crippen MR) is 89.7 cm³/mol. The molecule has 2 aromatic rings. The largest absolute Gasteiger partial charge is 0.388 e. The molecule has 118 valence electrons. The van der Waals surface area contributed by atoms with Crippen LogP contribution < -0.4 is 0 Å². The van der Waals surface area contributed by atoms with Crippen molar-refractivity contribution in [3.05, 3.63) is 71.3 Å². The van der Waals surface area contributed by atoms with E-state index in [0.29, 0.717) is 10.9 Å². The summed E-state index contributed by atoms with van der Waals surface area (Å²) in [6.07, 6.45) is -0.546. The molecule has 0 amide bonds. The summed E-state index contributed by atoms with van der Waals surface area (Å²) in [5.41, 5.74) is 1.26. The Hall–Kier alpha value is -1.11. The molecule has 1 N–H and O–H groups in total. The summed E-state index contributed by atoms with van der Waals surface area (Å²) in [6, 6.07) is 11.3. The van der Waals surface area contributed by atoms with Gasteiger partial charge in [-0.15, -0.1) is 0 Å². The number of benzene rings is 2. The van der Waals surface area contributed by atoms with E-state index in [1.165, 1.54) is 36.4 Å². The number of hydrogen-bond donors (Lipinski definition) is 1. The molecule has 0 saturated heterocycles. The van der Waals surface area contributed by atoms with Crippen LogP contribution in [0.25, 0.3) is 0 Å². The third-order valence-corrected chi connectivity index (χ3v) is 3.81. The highest BCUT2D eigenvalue weighted by Crippen LogP contribution is 2.14. The maximum Gasteiger partial charge on any atom is 0.173 e. The minimum atomic E-state index is -0.546. The first-order chi connectivity index (χ1) is 10.5. The Bertz CT molecular complexity index is 586. The molecule has 2 aromatic carbocycles. The fourth-order valence-corrected chi connectivity index (χ4v) is 2.18. The van der Waals surface area contributed by atoms with Crippen molar-refractivity contribution in [2.24, 2.45) is 0 Å². The molecular weight excluding hydrogens is 422 g/mol. The van der Waals surface area contributed by atoms with E-state index in [-0.39, 0.29) is 22.7 Å². The molecule has 22 heavy (non-hydrogen) atoms. The van der Waals surface area contributed by atoms with Gasteiger partial charge in [-0.2, -0.15) is 0 Å². The van der Waals surface area contributed by atoms with Gasteiger partial charge in [-0.25, -0.2) is 8.78 Å². The van der Waals surface area contributed by atoms with E-state index in [4.69, 9.17) is 0 Å². The Morgan fingerprint density at radius 1 is 0.955 bits per heavy atom. The van der Waals surface area contributed by atoms with Crippen LogP contribution in [0, 0.1) is 11.6 Å². The Labute approximate surface area is 144 Å². The van der Waals surface area contributed by atoms with Gasteiger partial charge in [0.05, 0.1) is 11.4 Å². The van der Waals surface area contributed by atoms with Crippen LogP contribution in [0.1, 0.15) is 22.0 Å². The summed E-state index contributed by atoms with van der Waals surface area (Å²) < 4.78 is 24.7. The number of carbonyl (C=O) groups is 1. The Kier molecular flexibility index (Phi) is 8.45. The molecule has 0 bridgehead atoms. The number of halogens is 4. The molecule has 0 aliphatic rings. The van der Waals surface area contributed by atoms with E-state index in [0.717, 1.165) is 5.56 Å². The van der Waals surface area contributed by atoms with Crippen LogP contribution in [0.2, 0.25) is 0 Å². The second-order valence-corrected chi connectivity index (χ2v) is 5.49. The van der Waals surface area contributed by atoms with Crippen LogP contribution in [0.15, 0.2) is 48.5 Å². The third kappa shape index (κ3) is 6.34. The molecular formula is C16H14Br2F2O2. The Morgan fingerprint density at radius 2 is 1.41 bits per heavy atom. The average molecular weight is 436 g/mol. The lowest BCUT2D eigenvalue weighted by molar-refractivity contribution is 0.102. The molecule has 0 heterocycles. The zero-order valence-electron chi connectivity index (χ0n) is 11.5. The van der Waals surface area contributed by atoms with Gasteiger partial charge in [-0.05, 0) is 42.0 Å². The fraction of sp³-hybridized carbons (Fsp3) is 0.188. The van der Waals surface area contributed by atoms with Crippen LogP contribution in [-0.4, -0.2) is 21.5 Å². The van der Waals surface area contributed by atoms with Crippen molar-refractivity contribution < 1.29 is 18.7 Å². The van der Waals surface area contributed by atoms with Crippen molar-refractivity contribution in [2.45, 2.75) is 6.10 Å². The molecule has 1 atom stereocenters. The zero-order valence-corrected chi connectivity index (χ0v) is 14.6. The number of carbonyl (C=O) groups excluding carboxylic acids is 1. The predicted octanol–water partition coefficient (Wildman–Crippen LogP) is 4.66. The lowest BCUT2D eigenvalue weighted by Crippen LogP contribution is -1.98. The summed E-state index contributed by atoms with van der Waals surface area (Å²) in [5, 5.41) is 10.00. The molecule has 2 nitrogen and oxygen atoms in total. The van der Waals surface area contributed by atoms with Gasteiger partial charge in [0.15, 0.2) is 5.78 Å². The maximum absolute atomic E-state index is 12.4. The van der Waals surface area contributed by atoms with Crippen LogP contribution in [0.4, 0.5) is 8.78 Å². The van der Waals surface area contributed by atoms with Crippen LogP contribution in [0.3, 0.4) is 0 Å². The number of ketones is 1. The number of aliphatic hydroxyl groups excluding tert-OH is 1. The second-order valence-electron chi connectivity index (χ2n) is 4.29.